The number of hydrogen-bond donors (Lipinski definition) is 0. The number of aromatic nitrogens is 2. The highest BCUT2D eigenvalue weighted by molar-refractivity contribution is 5.81. The Bertz CT molecular complexity index is 731. The molecule has 1 aromatic heterocycles. The van der Waals surface area contributed by atoms with Crippen LogP contribution in [0.25, 0.3) is 0 Å². The highest BCUT2D eigenvalue weighted by atomic mass is 16.5. The molecule has 160 valence electrons. The Labute approximate surface area is 172 Å². The van der Waals surface area contributed by atoms with E-state index in [1.807, 2.05) is 29.8 Å². The predicted molar refractivity (Wildman–Crippen MR) is 106 cm³/mol. The third-order valence-electron chi connectivity index (χ3n) is 6.66. The van der Waals surface area contributed by atoms with Gasteiger partial charge < -0.3 is 23.8 Å². The summed E-state index contributed by atoms with van der Waals surface area (Å²) in [6, 6.07) is 0. The van der Waals surface area contributed by atoms with Gasteiger partial charge in [-0.2, -0.15) is 0 Å². The summed E-state index contributed by atoms with van der Waals surface area (Å²) in [5.74, 6) is 1.23. The number of piperidine rings is 1. The topological polar surface area (TPSA) is 76.9 Å². The lowest BCUT2D eigenvalue weighted by molar-refractivity contribution is -0.183. The number of hydrogen-bond acceptors (Lipinski definition) is 5. The number of nitrogens with zero attached hydrogens (tertiary/aromatic N) is 4. The second-order valence-electron chi connectivity index (χ2n) is 8.23. The van der Waals surface area contributed by atoms with E-state index >= 15 is 0 Å². The van der Waals surface area contributed by atoms with E-state index < -0.39 is 11.7 Å². The second-order valence-corrected chi connectivity index (χ2v) is 8.23. The van der Waals surface area contributed by atoms with Crippen LogP contribution in [0.15, 0.2) is 12.4 Å². The van der Waals surface area contributed by atoms with Crippen molar-refractivity contribution >= 4 is 11.8 Å². The Hall–Kier alpha value is -1.93. The van der Waals surface area contributed by atoms with Crippen LogP contribution < -0.4 is 0 Å². The lowest BCUT2D eigenvalue weighted by Gasteiger charge is -2.46. The van der Waals surface area contributed by atoms with E-state index in [4.69, 9.17) is 9.47 Å². The average Bonchev–Trinajstić information content (AvgIpc) is 3.25. The standard InChI is InChI=1S/C21H32N4O4/c1-3-23(4-2)19(27)17-15-25-12-9-22-20(25)21(29-17)7-10-24(11-8-21)18(26)16-5-13-28-14-6-16/h9,12,16-17H,3-8,10-11,13-15H2,1-2H3/t17-/m0/s1. The quantitative estimate of drug-likeness (QED) is 0.758. The molecule has 3 aliphatic heterocycles. The molecule has 29 heavy (non-hydrogen) atoms. The van der Waals surface area contributed by atoms with Crippen molar-refractivity contribution in [2.24, 2.45) is 5.92 Å². The summed E-state index contributed by atoms with van der Waals surface area (Å²) in [7, 11) is 0. The summed E-state index contributed by atoms with van der Waals surface area (Å²) < 4.78 is 13.9. The van der Waals surface area contributed by atoms with Crippen LogP contribution in [0.4, 0.5) is 0 Å². The molecule has 0 saturated carbocycles. The summed E-state index contributed by atoms with van der Waals surface area (Å²) in [6.07, 6.45) is 6.16. The van der Waals surface area contributed by atoms with Crippen molar-refractivity contribution in [1.82, 2.24) is 19.4 Å². The van der Waals surface area contributed by atoms with Gasteiger partial charge in [0.05, 0.1) is 6.54 Å². The van der Waals surface area contributed by atoms with Crippen LogP contribution in [0, 0.1) is 5.92 Å². The monoisotopic (exact) mass is 404 g/mol. The van der Waals surface area contributed by atoms with Crippen LogP contribution in [0.1, 0.15) is 45.4 Å². The van der Waals surface area contributed by atoms with Gasteiger partial charge in [-0.25, -0.2) is 4.98 Å². The number of carbonyl (C=O) groups excluding carboxylic acids is 2. The maximum absolute atomic E-state index is 13.0. The number of fused-ring (bicyclic) bond motifs is 2. The predicted octanol–water partition coefficient (Wildman–Crippen LogP) is 1.39. The summed E-state index contributed by atoms with van der Waals surface area (Å²) >= 11 is 0. The Morgan fingerprint density at radius 3 is 2.55 bits per heavy atom. The van der Waals surface area contributed by atoms with Gasteiger partial charge in [0.1, 0.15) is 11.4 Å². The van der Waals surface area contributed by atoms with Crippen molar-refractivity contribution in [3.63, 3.8) is 0 Å². The molecule has 0 unspecified atom stereocenters. The molecule has 8 nitrogen and oxygen atoms in total. The first-order valence-corrected chi connectivity index (χ1v) is 10.9. The second kappa shape index (κ2) is 8.44. The van der Waals surface area contributed by atoms with Crippen molar-refractivity contribution < 1.29 is 19.1 Å². The zero-order chi connectivity index (χ0) is 20.4. The van der Waals surface area contributed by atoms with Gasteiger partial charge in [0, 0.05) is 70.5 Å². The van der Waals surface area contributed by atoms with E-state index in [2.05, 4.69) is 9.55 Å². The zero-order valence-corrected chi connectivity index (χ0v) is 17.5. The molecule has 3 aliphatic rings. The lowest BCUT2D eigenvalue weighted by Crippen LogP contribution is -2.55. The molecule has 0 radical (unpaired) electrons. The molecule has 1 atom stereocenters. The molecule has 0 N–H and O–H groups in total. The molecule has 2 fully saturated rings. The van der Waals surface area contributed by atoms with E-state index in [9.17, 15) is 9.59 Å². The SMILES string of the molecule is CCN(CC)C(=O)[C@@H]1Cn2ccnc2C2(CCN(C(=O)C3CCOCC3)CC2)O1. The molecule has 0 aliphatic carbocycles. The van der Waals surface area contributed by atoms with Gasteiger partial charge in [-0.05, 0) is 26.7 Å². The van der Waals surface area contributed by atoms with E-state index in [1.165, 1.54) is 0 Å². The molecular weight excluding hydrogens is 372 g/mol. The maximum atomic E-state index is 13.0. The van der Waals surface area contributed by atoms with Gasteiger partial charge in [-0.15, -0.1) is 0 Å². The summed E-state index contributed by atoms with van der Waals surface area (Å²) in [5, 5.41) is 0. The van der Waals surface area contributed by atoms with Gasteiger partial charge in [-0.1, -0.05) is 0 Å². The Kier molecular flexibility index (Phi) is 5.92. The van der Waals surface area contributed by atoms with E-state index in [0.717, 1.165) is 18.7 Å². The van der Waals surface area contributed by atoms with Crippen LogP contribution in [-0.4, -0.2) is 76.7 Å². The summed E-state index contributed by atoms with van der Waals surface area (Å²) in [4.78, 5) is 34.3. The molecule has 8 heteroatoms. The van der Waals surface area contributed by atoms with Gasteiger partial charge in [0.25, 0.3) is 5.91 Å². The number of likely N-dealkylation sites (N-methyl/N-ethyl adjacent to an activating group) is 1. The van der Waals surface area contributed by atoms with Gasteiger partial charge >= 0.3 is 0 Å². The van der Waals surface area contributed by atoms with Crippen LogP contribution >= 0.6 is 0 Å². The molecule has 1 aromatic rings. The van der Waals surface area contributed by atoms with Gasteiger partial charge in [-0.3, -0.25) is 9.59 Å². The van der Waals surface area contributed by atoms with E-state index in [1.54, 1.807) is 6.20 Å². The third-order valence-corrected chi connectivity index (χ3v) is 6.66. The number of ether oxygens (including phenoxy) is 2. The van der Waals surface area contributed by atoms with Crippen LogP contribution in [0.3, 0.4) is 0 Å². The van der Waals surface area contributed by atoms with Crippen molar-refractivity contribution in [3.05, 3.63) is 18.2 Å². The van der Waals surface area contributed by atoms with Crippen molar-refractivity contribution in [2.75, 3.05) is 39.4 Å². The Balaban J connectivity index is 1.48. The molecule has 1 spiro atoms. The van der Waals surface area contributed by atoms with E-state index in [0.29, 0.717) is 58.8 Å². The fraction of sp³-hybridized carbons (Fsp3) is 0.762. The third kappa shape index (κ3) is 3.80. The highest BCUT2D eigenvalue weighted by Crippen LogP contribution is 2.40. The molecule has 2 saturated heterocycles. The lowest BCUT2D eigenvalue weighted by atomic mass is 9.87. The van der Waals surface area contributed by atoms with Gasteiger partial charge in [0.2, 0.25) is 5.91 Å². The molecule has 4 rings (SSSR count). The zero-order valence-electron chi connectivity index (χ0n) is 17.5. The molecule has 0 bridgehead atoms. The Morgan fingerprint density at radius 1 is 1.21 bits per heavy atom. The largest absolute Gasteiger partial charge is 0.381 e. The minimum Gasteiger partial charge on any atom is -0.381 e. The minimum atomic E-state index is -0.596. The van der Waals surface area contributed by atoms with Crippen molar-refractivity contribution in [2.45, 2.75) is 57.8 Å². The fourth-order valence-corrected chi connectivity index (χ4v) is 4.90. The fourth-order valence-electron chi connectivity index (χ4n) is 4.90. The summed E-state index contributed by atoms with van der Waals surface area (Å²) in [6.45, 7) is 8.43. The first-order valence-electron chi connectivity index (χ1n) is 10.9. The van der Waals surface area contributed by atoms with Crippen molar-refractivity contribution in [3.8, 4) is 0 Å². The van der Waals surface area contributed by atoms with Crippen LogP contribution in [0.5, 0.6) is 0 Å². The van der Waals surface area contributed by atoms with E-state index in [-0.39, 0.29) is 17.7 Å². The smallest absolute Gasteiger partial charge is 0.253 e. The normalized spacial score (nSPS) is 24.3. The Morgan fingerprint density at radius 2 is 1.90 bits per heavy atom. The molecular formula is C21H32N4O4. The number of rotatable bonds is 4. The number of amides is 2. The molecule has 0 aromatic carbocycles. The van der Waals surface area contributed by atoms with Gasteiger partial charge in [0.15, 0.2) is 6.10 Å². The van der Waals surface area contributed by atoms with Crippen LogP contribution in [-0.2, 0) is 31.2 Å². The van der Waals surface area contributed by atoms with Crippen molar-refractivity contribution in [1.29, 1.82) is 0 Å². The summed E-state index contributed by atoms with van der Waals surface area (Å²) in [5.41, 5.74) is -0.596. The molecule has 2 amide bonds. The first kappa shape index (κ1) is 20.3. The number of imidazole rings is 1. The van der Waals surface area contributed by atoms with Crippen LogP contribution in [0.2, 0.25) is 0 Å². The highest BCUT2D eigenvalue weighted by Gasteiger charge is 2.48. The average molecular weight is 405 g/mol. The number of likely N-dealkylation sites (tertiary alicyclic amines) is 1. The maximum Gasteiger partial charge on any atom is 0.253 e. The molecule has 4 heterocycles. The minimum absolute atomic E-state index is 0.0365. The number of carbonyl (C=O) groups is 2. The first-order chi connectivity index (χ1) is 14.1.